The molecule has 0 bridgehead atoms. The Morgan fingerprint density at radius 2 is 1.95 bits per heavy atom. The normalized spacial score (nSPS) is 19.4. The number of hydrogen-bond acceptors (Lipinski definition) is 3. The number of rotatable bonds is 6. The van der Waals surface area contributed by atoms with Gasteiger partial charge in [-0.15, -0.1) is 0 Å². The minimum atomic E-state index is -0.242. The van der Waals surface area contributed by atoms with Crippen LogP contribution in [-0.4, -0.2) is 35.7 Å². The molecule has 4 nitrogen and oxygen atoms in total. The van der Waals surface area contributed by atoms with Gasteiger partial charge in [0.2, 0.25) is 5.91 Å². The lowest BCUT2D eigenvalue weighted by molar-refractivity contribution is -0.124. The molecule has 1 heterocycles. The molecule has 0 saturated carbocycles. The van der Waals surface area contributed by atoms with Crippen LogP contribution < -0.4 is 5.73 Å². The van der Waals surface area contributed by atoms with E-state index in [1.165, 1.54) is 0 Å². The van der Waals surface area contributed by atoms with Crippen molar-refractivity contribution < 1.29 is 9.59 Å². The Balaban J connectivity index is 1.81. The summed E-state index contributed by atoms with van der Waals surface area (Å²) >= 11 is 3.36. The summed E-state index contributed by atoms with van der Waals surface area (Å²) in [6.45, 7) is 1.66. The highest BCUT2D eigenvalue weighted by Crippen LogP contribution is 2.18. The highest BCUT2D eigenvalue weighted by Gasteiger charge is 2.26. The summed E-state index contributed by atoms with van der Waals surface area (Å²) in [6, 6.07) is 7.27. The average molecular weight is 353 g/mol. The van der Waals surface area contributed by atoms with E-state index in [9.17, 15) is 9.59 Å². The maximum atomic E-state index is 12.1. The number of nitrogens with zero attached hydrogens (tertiary/aromatic N) is 1. The zero-order valence-electron chi connectivity index (χ0n) is 12.1. The predicted molar refractivity (Wildman–Crippen MR) is 86.1 cm³/mol. The van der Waals surface area contributed by atoms with Crippen molar-refractivity contribution in [3.05, 3.63) is 34.3 Å². The van der Waals surface area contributed by atoms with E-state index in [0.29, 0.717) is 6.42 Å². The molecule has 1 atom stereocenters. The molecule has 0 spiro atoms. The number of likely N-dealkylation sites (tertiary alicyclic amines) is 1. The fourth-order valence-electron chi connectivity index (χ4n) is 2.80. The van der Waals surface area contributed by atoms with Crippen LogP contribution in [0.3, 0.4) is 0 Å². The summed E-state index contributed by atoms with van der Waals surface area (Å²) in [7, 11) is 0. The molecule has 1 aromatic carbocycles. The molecule has 1 fully saturated rings. The van der Waals surface area contributed by atoms with Gasteiger partial charge < -0.3 is 5.73 Å². The quantitative estimate of drug-likeness (QED) is 0.800. The molecular weight excluding hydrogens is 332 g/mol. The zero-order valence-corrected chi connectivity index (χ0v) is 13.6. The van der Waals surface area contributed by atoms with Crippen LogP contribution in [0.25, 0.3) is 0 Å². The molecule has 1 aromatic rings. The largest absolute Gasteiger partial charge is 0.368 e. The fourth-order valence-corrected chi connectivity index (χ4v) is 3.07. The van der Waals surface area contributed by atoms with Crippen molar-refractivity contribution in [2.45, 2.75) is 38.1 Å². The van der Waals surface area contributed by atoms with Gasteiger partial charge in [-0.05, 0) is 44.5 Å². The first kappa shape index (κ1) is 16.2. The lowest BCUT2D eigenvalue weighted by Crippen LogP contribution is -2.47. The van der Waals surface area contributed by atoms with Crippen molar-refractivity contribution in [2.24, 2.45) is 5.73 Å². The van der Waals surface area contributed by atoms with E-state index in [-0.39, 0.29) is 17.7 Å². The Morgan fingerprint density at radius 3 is 2.62 bits per heavy atom. The molecule has 1 aliphatic rings. The van der Waals surface area contributed by atoms with E-state index in [4.69, 9.17) is 5.73 Å². The van der Waals surface area contributed by atoms with Crippen LogP contribution in [0.15, 0.2) is 28.7 Å². The Bertz CT molecular complexity index is 502. The number of Topliss-reactive ketones (excluding diaryl/α,β-unsaturated/α-hetero) is 1. The lowest BCUT2D eigenvalue weighted by Gasteiger charge is -2.33. The second-order valence-corrected chi connectivity index (χ2v) is 6.40. The third kappa shape index (κ3) is 4.64. The topological polar surface area (TPSA) is 63.4 Å². The summed E-state index contributed by atoms with van der Waals surface area (Å²) in [4.78, 5) is 25.6. The van der Waals surface area contributed by atoms with Crippen LogP contribution >= 0.6 is 15.9 Å². The SMILES string of the molecule is NC(=O)C1CCCCN1CCCC(=O)c1ccc(Br)cc1. The average Bonchev–Trinajstić information content (AvgIpc) is 2.48. The molecule has 1 amide bonds. The van der Waals surface area contributed by atoms with Crippen molar-refractivity contribution >= 4 is 27.6 Å². The van der Waals surface area contributed by atoms with E-state index >= 15 is 0 Å². The molecule has 2 rings (SSSR count). The smallest absolute Gasteiger partial charge is 0.234 e. The minimum Gasteiger partial charge on any atom is -0.368 e. The van der Waals surface area contributed by atoms with Crippen molar-refractivity contribution in [1.82, 2.24) is 4.90 Å². The second kappa shape index (κ2) is 7.71. The van der Waals surface area contributed by atoms with Crippen LogP contribution in [0, 0.1) is 0 Å². The monoisotopic (exact) mass is 352 g/mol. The number of piperidine rings is 1. The van der Waals surface area contributed by atoms with Gasteiger partial charge in [0, 0.05) is 16.5 Å². The molecule has 114 valence electrons. The Labute approximate surface area is 133 Å². The summed E-state index contributed by atoms with van der Waals surface area (Å²) in [6.07, 6.45) is 4.27. The summed E-state index contributed by atoms with van der Waals surface area (Å²) < 4.78 is 0.969. The number of benzene rings is 1. The molecule has 0 radical (unpaired) electrons. The Hall–Kier alpha value is -1.20. The molecule has 1 saturated heterocycles. The van der Waals surface area contributed by atoms with E-state index in [1.54, 1.807) is 0 Å². The number of halogens is 1. The van der Waals surface area contributed by atoms with E-state index in [0.717, 1.165) is 48.8 Å². The molecule has 1 unspecified atom stereocenters. The number of nitrogens with two attached hydrogens (primary N) is 1. The minimum absolute atomic E-state index is 0.148. The summed E-state index contributed by atoms with van der Waals surface area (Å²) in [5, 5.41) is 0. The zero-order chi connectivity index (χ0) is 15.2. The molecule has 0 aliphatic carbocycles. The first-order chi connectivity index (χ1) is 10.1. The standard InChI is InChI=1S/C16H21BrN2O2/c17-13-8-6-12(7-9-13)15(20)5-3-11-19-10-2-1-4-14(19)16(18)21/h6-9,14H,1-5,10-11H2,(H2,18,21). The first-order valence-electron chi connectivity index (χ1n) is 7.40. The van der Waals surface area contributed by atoms with Crippen LogP contribution in [-0.2, 0) is 4.79 Å². The Kier molecular flexibility index (Phi) is 5.94. The summed E-state index contributed by atoms with van der Waals surface area (Å²) in [5.74, 6) is -0.0935. The van der Waals surface area contributed by atoms with Crippen molar-refractivity contribution in [3.8, 4) is 0 Å². The molecule has 2 N–H and O–H groups in total. The van der Waals surface area contributed by atoms with Crippen LogP contribution in [0.2, 0.25) is 0 Å². The molecular formula is C16H21BrN2O2. The van der Waals surface area contributed by atoms with Gasteiger partial charge in [-0.3, -0.25) is 14.5 Å². The third-order valence-corrected chi connectivity index (χ3v) is 4.49. The van der Waals surface area contributed by atoms with Gasteiger partial charge in [0.1, 0.15) is 0 Å². The number of ketones is 1. The number of carbonyl (C=O) groups excluding carboxylic acids is 2. The summed E-state index contributed by atoms with van der Waals surface area (Å²) in [5.41, 5.74) is 6.18. The molecule has 1 aliphatic heterocycles. The molecule has 21 heavy (non-hydrogen) atoms. The van der Waals surface area contributed by atoms with E-state index in [1.807, 2.05) is 24.3 Å². The van der Waals surface area contributed by atoms with Gasteiger partial charge >= 0.3 is 0 Å². The highest BCUT2D eigenvalue weighted by atomic mass is 79.9. The van der Waals surface area contributed by atoms with Gasteiger partial charge in [0.05, 0.1) is 6.04 Å². The van der Waals surface area contributed by atoms with Gasteiger partial charge in [0.25, 0.3) is 0 Å². The third-order valence-electron chi connectivity index (χ3n) is 3.96. The second-order valence-electron chi connectivity index (χ2n) is 5.48. The van der Waals surface area contributed by atoms with E-state index in [2.05, 4.69) is 20.8 Å². The van der Waals surface area contributed by atoms with Gasteiger partial charge in [-0.25, -0.2) is 0 Å². The van der Waals surface area contributed by atoms with Gasteiger partial charge in [0.15, 0.2) is 5.78 Å². The fraction of sp³-hybridized carbons (Fsp3) is 0.500. The van der Waals surface area contributed by atoms with Crippen molar-refractivity contribution in [1.29, 1.82) is 0 Å². The van der Waals surface area contributed by atoms with Crippen LogP contribution in [0.1, 0.15) is 42.5 Å². The maximum absolute atomic E-state index is 12.1. The lowest BCUT2D eigenvalue weighted by atomic mass is 10.0. The van der Waals surface area contributed by atoms with Crippen LogP contribution in [0.4, 0.5) is 0 Å². The van der Waals surface area contributed by atoms with E-state index < -0.39 is 0 Å². The number of carbonyl (C=O) groups is 2. The van der Waals surface area contributed by atoms with Gasteiger partial charge in [-0.1, -0.05) is 34.5 Å². The number of amides is 1. The molecule has 5 heteroatoms. The predicted octanol–water partition coefficient (Wildman–Crippen LogP) is 2.75. The van der Waals surface area contributed by atoms with Crippen molar-refractivity contribution in [3.63, 3.8) is 0 Å². The van der Waals surface area contributed by atoms with Gasteiger partial charge in [-0.2, -0.15) is 0 Å². The molecule has 0 aromatic heterocycles. The number of primary amides is 1. The maximum Gasteiger partial charge on any atom is 0.234 e. The highest BCUT2D eigenvalue weighted by molar-refractivity contribution is 9.10. The Morgan fingerprint density at radius 1 is 1.24 bits per heavy atom. The first-order valence-corrected chi connectivity index (χ1v) is 8.19. The van der Waals surface area contributed by atoms with Crippen molar-refractivity contribution in [2.75, 3.05) is 13.1 Å². The number of hydrogen-bond donors (Lipinski definition) is 1. The van der Waals surface area contributed by atoms with Crippen LogP contribution in [0.5, 0.6) is 0 Å².